The molecule has 0 spiro atoms. The number of carboxylic acid groups (broad SMARTS) is 1. The van der Waals surface area contributed by atoms with E-state index in [0.29, 0.717) is 17.1 Å². The van der Waals surface area contributed by atoms with Crippen LogP contribution in [-0.4, -0.2) is 16.6 Å². The van der Waals surface area contributed by atoms with Gasteiger partial charge in [-0.1, -0.05) is 51.8 Å². The smallest absolute Gasteiger partial charge is 0.329 e. The summed E-state index contributed by atoms with van der Waals surface area (Å²) in [5.74, 6) is -0.926. The number of aliphatic carboxylic acids is 1. The van der Waals surface area contributed by atoms with E-state index in [4.69, 9.17) is 11.6 Å². The summed E-state index contributed by atoms with van der Waals surface area (Å²) in [5.41, 5.74) is 0.405. The number of nitrogens with one attached hydrogen (secondary N) is 1. The molecule has 21 heavy (non-hydrogen) atoms. The van der Waals surface area contributed by atoms with Gasteiger partial charge in [0.15, 0.2) is 0 Å². The lowest BCUT2D eigenvalue weighted by Gasteiger charge is -2.28. The van der Waals surface area contributed by atoms with E-state index >= 15 is 0 Å². The van der Waals surface area contributed by atoms with E-state index in [2.05, 4.69) is 21.2 Å². The summed E-state index contributed by atoms with van der Waals surface area (Å²) in [6.45, 7) is 1.65. The van der Waals surface area contributed by atoms with Crippen molar-refractivity contribution >= 4 is 39.2 Å². The Bertz CT molecular complexity index is 645. The summed E-state index contributed by atoms with van der Waals surface area (Å²) < 4.78 is 0.961. The van der Waals surface area contributed by atoms with Crippen LogP contribution >= 0.6 is 27.5 Å². The Balaban J connectivity index is 2.26. The fourth-order valence-electron chi connectivity index (χ4n) is 2.04. The maximum absolute atomic E-state index is 11.7. The summed E-state index contributed by atoms with van der Waals surface area (Å²) in [6.07, 6.45) is 0.348. The molecule has 2 aromatic rings. The number of carbonyl (C=O) groups is 1. The third-order valence-electron chi connectivity index (χ3n) is 3.23. The van der Waals surface area contributed by atoms with Gasteiger partial charge >= 0.3 is 5.97 Å². The normalized spacial score (nSPS) is 13.5. The second-order valence-electron chi connectivity index (χ2n) is 5.05. The van der Waals surface area contributed by atoms with E-state index in [1.54, 1.807) is 25.1 Å². The zero-order valence-electron chi connectivity index (χ0n) is 11.4. The van der Waals surface area contributed by atoms with Crippen LogP contribution < -0.4 is 5.32 Å². The maximum atomic E-state index is 11.7. The van der Waals surface area contributed by atoms with Gasteiger partial charge in [-0.2, -0.15) is 0 Å². The Morgan fingerprint density at radius 1 is 1.24 bits per heavy atom. The molecule has 0 aliphatic heterocycles. The molecule has 2 rings (SSSR count). The maximum Gasteiger partial charge on any atom is 0.329 e. The lowest BCUT2D eigenvalue weighted by molar-refractivity contribution is -0.141. The van der Waals surface area contributed by atoms with Gasteiger partial charge in [0, 0.05) is 10.9 Å². The average Bonchev–Trinajstić information content (AvgIpc) is 2.44. The lowest BCUT2D eigenvalue weighted by atomic mass is 9.92. The first-order valence-corrected chi connectivity index (χ1v) is 7.58. The highest BCUT2D eigenvalue weighted by Gasteiger charge is 2.33. The van der Waals surface area contributed by atoms with Crippen molar-refractivity contribution in [2.75, 3.05) is 5.32 Å². The Morgan fingerprint density at radius 3 is 2.43 bits per heavy atom. The number of benzene rings is 2. The minimum absolute atomic E-state index is 0.348. The molecular weight excluding hydrogens is 354 g/mol. The number of rotatable bonds is 5. The molecular formula is C16H15BrClNO2. The van der Waals surface area contributed by atoms with Crippen molar-refractivity contribution in [3.05, 3.63) is 63.6 Å². The number of carboxylic acids is 1. The Kier molecular flexibility index (Phi) is 4.91. The zero-order valence-corrected chi connectivity index (χ0v) is 13.8. The molecule has 0 aliphatic carbocycles. The molecule has 0 saturated carbocycles. The topological polar surface area (TPSA) is 49.3 Å². The number of hydrogen-bond donors (Lipinski definition) is 2. The van der Waals surface area contributed by atoms with Gasteiger partial charge in [-0.05, 0) is 36.8 Å². The Hall–Kier alpha value is -1.52. The molecule has 0 saturated heterocycles. The van der Waals surface area contributed by atoms with Gasteiger partial charge in [0.05, 0.1) is 10.7 Å². The SMILES string of the molecule is CC(Cc1ccc(Br)cc1)(Nc1ccccc1Cl)C(=O)O. The molecule has 1 atom stereocenters. The van der Waals surface area contributed by atoms with Crippen LogP contribution in [0.2, 0.25) is 5.02 Å². The van der Waals surface area contributed by atoms with Crippen molar-refractivity contribution in [1.82, 2.24) is 0 Å². The van der Waals surface area contributed by atoms with Crippen molar-refractivity contribution in [3.63, 3.8) is 0 Å². The first kappa shape index (κ1) is 15.9. The third-order valence-corrected chi connectivity index (χ3v) is 4.09. The number of anilines is 1. The summed E-state index contributed by atoms with van der Waals surface area (Å²) in [4.78, 5) is 11.7. The fourth-order valence-corrected chi connectivity index (χ4v) is 2.49. The Labute approximate surface area is 137 Å². The van der Waals surface area contributed by atoms with Crippen molar-refractivity contribution in [3.8, 4) is 0 Å². The van der Waals surface area contributed by atoms with Crippen LogP contribution in [0, 0.1) is 0 Å². The van der Waals surface area contributed by atoms with Crippen LogP contribution in [-0.2, 0) is 11.2 Å². The van der Waals surface area contributed by atoms with Crippen molar-refractivity contribution < 1.29 is 9.90 Å². The number of para-hydroxylation sites is 1. The molecule has 2 N–H and O–H groups in total. The molecule has 5 heteroatoms. The minimum atomic E-state index is -1.14. The highest BCUT2D eigenvalue weighted by atomic mass is 79.9. The van der Waals surface area contributed by atoms with E-state index in [1.807, 2.05) is 30.3 Å². The molecule has 0 amide bonds. The summed E-state index contributed by atoms with van der Waals surface area (Å²) in [6, 6.07) is 14.7. The lowest BCUT2D eigenvalue weighted by Crippen LogP contribution is -2.45. The minimum Gasteiger partial charge on any atom is -0.480 e. The van der Waals surface area contributed by atoms with Crippen molar-refractivity contribution in [1.29, 1.82) is 0 Å². The van der Waals surface area contributed by atoms with Crippen LogP contribution in [0.4, 0.5) is 5.69 Å². The van der Waals surface area contributed by atoms with Crippen LogP contribution in [0.1, 0.15) is 12.5 Å². The van der Waals surface area contributed by atoms with E-state index in [-0.39, 0.29) is 0 Å². The monoisotopic (exact) mass is 367 g/mol. The second-order valence-corrected chi connectivity index (χ2v) is 6.37. The van der Waals surface area contributed by atoms with E-state index in [9.17, 15) is 9.90 Å². The molecule has 0 fully saturated rings. The van der Waals surface area contributed by atoms with Gasteiger partial charge in [0.25, 0.3) is 0 Å². The van der Waals surface area contributed by atoms with E-state index < -0.39 is 11.5 Å². The fraction of sp³-hybridized carbons (Fsp3) is 0.188. The predicted octanol–water partition coefficient (Wildman–Crippen LogP) is 4.60. The quantitative estimate of drug-likeness (QED) is 0.811. The molecule has 1 unspecified atom stereocenters. The third kappa shape index (κ3) is 3.99. The van der Waals surface area contributed by atoms with Gasteiger partial charge in [0.1, 0.15) is 5.54 Å². The van der Waals surface area contributed by atoms with Crippen molar-refractivity contribution in [2.24, 2.45) is 0 Å². The van der Waals surface area contributed by atoms with E-state index in [0.717, 1.165) is 10.0 Å². The van der Waals surface area contributed by atoms with Gasteiger partial charge < -0.3 is 10.4 Å². The van der Waals surface area contributed by atoms with E-state index in [1.165, 1.54) is 0 Å². The average molecular weight is 369 g/mol. The van der Waals surface area contributed by atoms with Gasteiger partial charge in [-0.3, -0.25) is 0 Å². The second kappa shape index (κ2) is 6.50. The molecule has 0 aliphatic rings. The van der Waals surface area contributed by atoms with Gasteiger partial charge in [-0.25, -0.2) is 4.79 Å². The van der Waals surface area contributed by atoms with Gasteiger partial charge in [-0.15, -0.1) is 0 Å². The highest BCUT2D eigenvalue weighted by Crippen LogP contribution is 2.27. The number of hydrogen-bond acceptors (Lipinski definition) is 2. The molecule has 3 nitrogen and oxygen atoms in total. The molecule has 2 aromatic carbocycles. The van der Waals surface area contributed by atoms with Crippen LogP contribution in [0.25, 0.3) is 0 Å². The van der Waals surface area contributed by atoms with Gasteiger partial charge in [0.2, 0.25) is 0 Å². The van der Waals surface area contributed by atoms with Crippen LogP contribution in [0.5, 0.6) is 0 Å². The summed E-state index contributed by atoms with van der Waals surface area (Å²) in [5, 5.41) is 13.1. The predicted molar refractivity (Wildman–Crippen MR) is 89.0 cm³/mol. The highest BCUT2D eigenvalue weighted by molar-refractivity contribution is 9.10. The molecule has 0 heterocycles. The van der Waals surface area contributed by atoms with Crippen LogP contribution in [0.15, 0.2) is 53.0 Å². The molecule has 110 valence electrons. The molecule has 0 radical (unpaired) electrons. The Morgan fingerprint density at radius 2 is 1.86 bits per heavy atom. The first-order valence-electron chi connectivity index (χ1n) is 6.41. The van der Waals surface area contributed by atoms with Crippen molar-refractivity contribution in [2.45, 2.75) is 18.9 Å². The largest absolute Gasteiger partial charge is 0.480 e. The standard InChI is InChI=1S/C16H15BrClNO2/c1-16(15(20)21,10-11-6-8-12(17)9-7-11)19-14-5-3-2-4-13(14)18/h2-9,19H,10H2,1H3,(H,20,21). The molecule has 0 bridgehead atoms. The summed E-state index contributed by atoms with van der Waals surface area (Å²) in [7, 11) is 0. The number of halogens is 2. The summed E-state index contributed by atoms with van der Waals surface area (Å²) >= 11 is 9.47. The van der Waals surface area contributed by atoms with Crippen LogP contribution in [0.3, 0.4) is 0 Å². The first-order chi connectivity index (χ1) is 9.90. The molecule has 0 aromatic heterocycles. The zero-order chi connectivity index (χ0) is 15.5.